The molecular weight excluding hydrogens is 486 g/mol. The smallest absolute Gasteiger partial charge is 0.303 e. The highest BCUT2D eigenvalue weighted by Crippen LogP contribution is 2.46. The third-order valence-electron chi connectivity index (χ3n) is 7.99. The average molecular weight is 528 g/mol. The second-order valence-corrected chi connectivity index (χ2v) is 10.9. The highest BCUT2D eigenvalue weighted by atomic mass is 16.4. The molecule has 0 aromatic heterocycles. The number of hydrogen-bond acceptors (Lipinski definition) is 6. The van der Waals surface area contributed by atoms with Crippen molar-refractivity contribution in [3.63, 3.8) is 0 Å². The Balaban J connectivity index is 1.67. The number of fused-ring (bicyclic) bond motifs is 1. The topological polar surface area (TPSA) is 135 Å². The Morgan fingerprint density at radius 1 is 1.08 bits per heavy atom. The minimum Gasteiger partial charge on any atom is -0.507 e. The SMILES string of the molecule is CC1=C([C@H](O)CC/C(C)=C/c2cc(C)c(O)c(C)c2)[C@H](CO)[C@@H]2C(=O)N(CCCCCC(=O)O)C(=O)[C@@H]2C1. The van der Waals surface area contributed by atoms with Gasteiger partial charge in [0.15, 0.2) is 0 Å². The molecule has 0 radical (unpaired) electrons. The fourth-order valence-electron chi connectivity index (χ4n) is 6.07. The molecule has 1 heterocycles. The lowest BCUT2D eigenvalue weighted by atomic mass is 9.68. The molecule has 38 heavy (non-hydrogen) atoms. The van der Waals surface area contributed by atoms with Gasteiger partial charge in [0.1, 0.15) is 5.75 Å². The van der Waals surface area contributed by atoms with Crippen LogP contribution in [0.4, 0.5) is 0 Å². The van der Waals surface area contributed by atoms with Gasteiger partial charge >= 0.3 is 5.97 Å². The number of aliphatic hydroxyl groups is 2. The van der Waals surface area contributed by atoms with E-state index in [4.69, 9.17) is 5.11 Å². The molecule has 4 atom stereocenters. The standard InChI is InChI=1S/C30H41NO7/c1-17(12-21-13-19(3)28(36)20(4)14-21)9-10-24(33)26-18(2)15-22-27(23(26)16-32)30(38)31(29(22)37)11-7-5-6-8-25(34)35/h12-14,22-24,27,32-33,36H,5-11,15-16H2,1-4H3,(H,34,35)/b17-12+/t22-,23+,24-,27-/m1/s1. The van der Waals surface area contributed by atoms with Crippen LogP contribution < -0.4 is 0 Å². The van der Waals surface area contributed by atoms with Crippen molar-refractivity contribution in [2.24, 2.45) is 17.8 Å². The van der Waals surface area contributed by atoms with Crippen molar-refractivity contribution in [3.8, 4) is 5.75 Å². The predicted octanol–water partition coefficient (Wildman–Crippen LogP) is 4.13. The monoisotopic (exact) mass is 527 g/mol. The molecule has 0 spiro atoms. The van der Waals surface area contributed by atoms with Crippen molar-refractivity contribution in [3.05, 3.63) is 45.5 Å². The van der Waals surface area contributed by atoms with Crippen molar-refractivity contribution in [1.29, 1.82) is 0 Å². The highest BCUT2D eigenvalue weighted by Gasteiger charge is 2.54. The van der Waals surface area contributed by atoms with E-state index >= 15 is 0 Å². The van der Waals surface area contributed by atoms with Gasteiger partial charge in [0.05, 0.1) is 24.5 Å². The van der Waals surface area contributed by atoms with Crippen molar-refractivity contribution in [1.82, 2.24) is 4.90 Å². The number of phenolic OH excluding ortho intramolecular Hbond substituents is 1. The van der Waals surface area contributed by atoms with Gasteiger partial charge in [-0.15, -0.1) is 0 Å². The number of benzene rings is 1. The van der Waals surface area contributed by atoms with Gasteiger partial charge in [0.25, 0.3) is 0 Å². The van der Waals surface area contributed by atoms with Crippen LogP contribution in [0.15, 0.2) is 28.9 Å². The fraction of sp³-hybridized carbons (Fsp3) is 0.567. The van der Waals surface area contributed by atoms with E-state index in [0.717, 1.165) is 27.8 Å². The number of carboxylic acid groups (broad SMARTS) is 1. The summed E-state index contributed by atoms with van der Waals surface area (Å²) in [6.45, 7) is 7.49. The Labute approximate surface area is 224 Å². The normalized spacial score (nSPS) is 22.7. The molecular formula is C30H41NO7. The minimum absolute atomic E-state index is 0.0625. The molecule has 0 unspecified atom stereocenters. The zero-order chi connectivity index (χ0) is 28.1. The van der Waals surface area contributed by atoms with Crippen LogP contribution in [0.1, 0.15) is 75.5 Å². The lowest BCUT2D eigenvalue weighted by Crippen LogP contribution is -2.38. The molecule has 8 heteroatoms. The first kappa shape index (κ1) is 29.6. The van der Waals surface area contributed by atoms with E-state index in [1.54, 1.807) is 0 Å². The molecule has 208 valence electrons. The van der Waals surface area contributed by atoms with E-state index in [-0.39, 0.29) is 31.4 Å². The minimum atomic E-state index is -0.862. The van der Waals surface area contributed by atoms with E-state index in [9.17, 15) is 29.7 Å². The Morgan fingerprint density at radius 2 is 1.74 bits per heavy atom. The number of aliphatic carboxylic acids is 1. The molecule has 0 saturated carbocycles. The summed E-state index contributed by atoms with van der Waals surface area (Å²) in [5.41, 5.74) is 5.17. The molecule has 1 fully saturated rings. The molecule has 4 N–H and O–H groups in total. The highest BCUT2D eigenvalue weighted by molar-refractivity contribution is 6.05. The van der Waals surface area contributed by atoms with Gasteiger partial charge in [-0.3, -0.25) is 19.3 Å². The third-order valence-corrected chi connectivity index (χ3v) is 7.99. The van der Waals surface area contributed by atoms with Crippen molar-refractivity contribution >= 4 is 23.9 Å². The number of aliphatic hydroxyl groups excluding tert-OH is 2. The van der Waals surface area contributed by atoms with E-state index in [0.29, 0.717) is 49.8 Å². The summed E-state index contributed by atoms with van der Waals surface area (Å²) in [5, 5.41) is 40.3. The molecule has 0 bridgehead atoms. The number of imide groups is 1. The summed E-state index contributed by atoms with van der Waals surface area (Å²) in [4.78, 5) is 38.3. The number of aryl methyl sites for hydroxylation is 2. The lowest BCUT2D eigenvalue weighted by Gasteiger charge is -2.35. The van der Waals surface area contributed by atoms with Crippen LogP contribution in [0.25, 0.3) is 6.08 Å². The van der Waals surface area contributed by atoms with Crippen molar-refractivity contribution in [2.45, 2.75) is 78.7 Å². The van der Waals surface area contributed by atoms with Crippen LogP contribution in [0.5, 0.6) is 5.75 Å². The van der Waals surface area contributed by atoms with Crippen LogP contribution in [-0.2, 0) is 14.4 Å². The summed E-state index contributed by atoms with van der Waals surface area (Å²) < 4.78 is 0. The second-order valence-electron chi connectivity index (χ2n) is 10.9. The zero-order valence-electron chi connectivity index (χ0n) is 22.9. The van der Waals surface area contributed by atoms with Gasteiger partial charge in [-0.25, -0.2) is 0 Å². The Kier molecular flexibility index (Phi) is 9.90. The number of carbonyl (C=O) groups is 3. The van der Waals surface area contributed by atoms with Crippen molar-refractivity contribution < 1.29 is 34.8 Å². The summed E-state index contributed by atoms with van der Waals surface area (Å²) in [7, 11) is 0. The number of aromatic hydroxyl groups is 1. The van der Waals surface area contributed by atoms with E-state index in [2.05, 4.69) is 0 Å². The van der Waals surface area contributed by atoms with Crippen LogP contribution in [-0.4, -0.2) is 62.4 Å². The lowest BCUT2D eigenvalue weighted by molar-refractivity contribution is -0.141. The zero-order valence-corrected chi connectivity index (χ0v) is 22.9. The van der Waals surface area contributed by atoms with Crippen LogP contribution in [0, 0.1) is 31.6 Å². The fourth-order valence-corrected chi connectivity index (χ4v) is 6.07. The van der Waals surface area contributed by atoms with E-state index in [1.807, 2.05) is 45.9 Å². The maximum absolute atomic E-state index is 13.3. The Morgan fingerprint density at radius 3 is 2.34 bits per heavy atom. The number of amides is 2. The summed E-state index contributed by atoms with van der Waals surface area (Å²) in [6, 6.07) is 3.83. The average Bonchev–Trinajstić information content (AvgIpc) is 3.08. The van der Waals surface area contributed by atoms with Crippen LogP contribution >= 0.6 is 0 Å². The summed E-state index contributed by atoms with van der Waals surface area (Å²) in [6.07, 6.45) is 4.32. The maximum atomic E-state index is 13.3. The number of unbranched alkanes of at least 4 members (excludes halogenated alkanes) is 2. The molecule has 2 aliphatic rings. The van der Waals surface area contributed by atoms with Gasteiger partial charge in [0, 0.05) is 18.9 Å². The summed E-state index contributed by atoms with van der Waals surface area (Å²) >= 11 is 0. The van der Waals surface area contributed by atoms with Gasteiger partial charge < -0.3 is 20.4 Å². The number of carbonyl (C=O) groups excluding carboxylic acids is 2. The van der Waals surface area contributed by atoms with Gasteiger partial charge in [-0.05, 0) is 94.2 Å². The van der Waals surface area contributed by atoms with Crippen LogP contribution in [0.3, 0.4) is 0 Å². The maximum Gasteiger partial charge on any atom is 0.303 e. The number of likely N-dealkylation sites (tertiary alicyclic amines) is 1. The predicted molar refractivity (Wildman–Crippen MR) is 144 cm³/mol. The van der Waals surface area contributed by atoms with Crippen LogP contribution in [0.2, 0.25) is 0 Å². The molecule has 1 aliphatic carbocycles. The number of hydrogen-bond donors (Lipinski definition) is 4. The second kappa shape index (κ2) is 12.7. The molecule has 1 saturated heterocycles. The molecule has 3 rings (SSSR count). The number of allylic oxidation sites excluding steroid dienone is 2. The third kappa shape index (κ3) is 6.53. The Bertz CT molecular complexity index is 1110. The Hall–Kier alpha value is -2.97. The number of phenols is 1. The summed E-state index contributed by atoms with van der Waals surface area (Å²) in [5.74, 6) is -2.92. The van der Waals surface area contributed by atoms with E-state index < -0.39 is 29.8 Å². The van der Waals surface area contributed by atoms with Gasteiger partial charge in [-0.1, -0.05) is 23.6 Å². The molecule has 1 aliphatic heterocycles. The first-order valence-electron chi connectivity index (χ1n) is 13.5. The molecule has 1 aromatic rings. The van der Waals surface area contributed by atoms with Gasteiger partial charge in [-0.2, -0.15) is 0 Å². The van der Waals surface area contributed by atoms with Gasteiger partial charge in [0.2, 0.25) is 11.8 Å². The van der Waals surface area contributed by atoms with Crippen molar-refractivity contribution in [2.75, 3.05) is 13.2 Å². The molecule has 8 nitrogen and oxygen atoms in total. The number of carboxylic acids is 1. The van der Waals surface area contributed by atoms with E-state index in [1.165, 1.54) is 4.90 Å². The first-order chi connectivity index (χ1) is 18.0. The molecule has 2 amide bonds. The number of rotatable bonds is 12. The molecule has 1 aromatic carbocycles. The number of nitrogens with zero attached hydrogens (tertiary/aromatic N) is 1. The largest absolute Gasteiger partial charge is 0.507 e. The quantitative estimate of drug-likeness (QED) is 0.182. The first-order valence-corrected chi connectivity index (χ1v) is 13.5.